The first kappa shape index (κ1) is 15.9. The maximum absolute atomic E-state index is 12.1. The fourth-order valence-electron chi connectivity index (χ4n) is 2.69. The zero-order chi connectivity index (χ0) is 17.8. The van der Waals surface area contributed by atoms with Crippen molar-refractivity contribution in [2.75, 3.05) is 5.32 Å². The third kappa shape index (κ3) is 3.72. The molecular formula is C19H18N6O. The van der Waals surface area contributed by atoms with Crippen LogP contribution in [0, 0.1) is 0 Å². The summed E-state index contributed by atoms with van der Waals surface area (Å²) in [4.78, 5) is 19.6. The monoisotopic (exact) mass is 346 g/mol. The number of amides is 2. The molecule has 0 saturated carbocycles. The molecule has 4 aromatic rings. The van der Waals surface area contributed by atoms with Crippen LogP contribution in [0.15, 0.2) is 67.1 Å². The number of benzene rings is 1. The fraction of sp³-hybridized carbons (Fsp3) is 0.105. The van der Waals surface area contributed by atoms with Crippen molar-refractivity contribution in [1.82, 2.24) is 25.1 Å². The highest BCUT2D eigenvalue weighted by molar-refractivity contribution is 5.89. The van der Waals surface area contributed by atoms with Crippen molar-refractivity contribution in [3.05, 3.63) is 78.4 Å². The van der Waals surface area contributed by atoms with Gasteiger partial charge in [-0.15, -0.1) is 0 Å². The van der Waals surface area contributed by atoms with E-state index in [4.69, 9.17) is 0 Å². The van der Waals surface area contributed by atoms with Crippen LogP contribution in [-0.4, -0.2) is 25.8 Å². The van der Waals surface area contributed by atoms with Gasteiger partial charge in [-0.25, -0.2) is 9.78 Å². The lowest BCUT2D eigenvalue weighted by Crippen LogP contribution is -2.28. The van der Waals surface area contributed by atoms with E-state index in [1.165, 1.54) is 0 Å². The summed E-state index contributed by atoms with van der Waals surface area (Å²) in [5.41, 5.74) is 3.46. The highest BCUT2D eigenvalue weighted by Gasteiger charge is 2.04. The van der Waals surface area contributed by atoms with Gasteiger partial charge in [-0.2, -0.15) is 5.10 Å². The molecule has 0 atom stereocenters. The zero-order valence-electron chi connectivity index (χ0n) is 14.0. The molecule has 7 heteroatoms. The molecule has 0 spiro atoms. The first-order valence-corrected chi connectivity index (χ1v) is 8.30. The van der Waals surface area contributed by atoms with Gasteiger partial charge in [0.15, 0.2) is 0 Å². The summed E-state index contributed by atoms with van der Waals surface area (Å²) < 4.78 is 1.85. The predicted molar refractivity (Wildman–Crippen MR) is 99.7 cm³/mol. The van der Waals surface area contributed by atoms with Gasteiger partial charge in [0.05, 0.1) is 18.8 Å². The van der Waals surface area contributed by atoms with Crippen LogP contribution in [0.25, 0.3) is 11.0 Å². The van der Waals surface area contributed by atoms with Gasteiger partial charge in [-0.3, -0.25) is 4.68 Å². The van der Waals surface area contributed by atoms with Crippen LogP contribution in [0.1, 0.15) is 11.3 Å². The minimum Gasteiger partial charge on any atom is -0.346 e. The highest BCUT2D eigenvalue weighted by atomic mass is 16.2. The van der Waals surface area contributed by atoms with Crippen LogP contribution in [0.4, 0.5) is 10.5 Å². The number of nitrogens with zero attached hydrogens (tertiary/aromatic N) is 3. The second-order valence-electron chi connectivity index (χ2n) is 5.93. The van der Waals surface area contributed by atoms with E-state index in [1.807, 2.05) is 65.6 Å². The lowest BCUT2D eigenvalue weighted by molar-refractivity contribution is 0.251. The van der Waals surface area contributed by atoms with E-state index < -0.39 is 0 Å². The molecule has 3 N–H and O–H groups in total. The Balaban J connectivity index is 1.31. The Morgan fingerprint density at radius 3 is 2.81 bits per heavy atom. The Hall–Kier alpha value is -3.61. The number of H-pyrrole nitrogens is 1. The molecule has 0 fully saturated rings. The molecular weight excluding hydrogens is 328 g/mol. The molecule has 3 heterocycles. The molecule has 0 bridgehead atoms. The van der Waals surface area contributed by atoms with Crippen molar-refractivity contribution in [1.29, 1.82) is 0 Å². The maximum Gasteiger partial charge on any atom is 0.319 e. The Morgan fingerprint density at radius 1 is 1.12 bits per heavy atom. The molecule has 4 rings (SSSR count). The Kier molecular flexibility index (Phi) is 4.34. The van der Waals surface area contributed by atoms with E-state index in [0.29, 0.717) is 13.1 Å². The summed E-state index contributed by atoms with van der Waals surface area (Å²) in [6, 6.07) is 15.2. The Bertz CT molecular complexity index is 1000. The number of carbonyl (C=O) groups is 1. The number of aromatic amines is 1. The number of pyridine rings is 1. The molecule has 2 amide bonds. The van der Waals surface area contributed by atoms with Crippen LogP contribution in [0.2, 0.25) is 0 Å². The highest BCUT2D eigenvalue weighted by Crippen LogP contribution is 2.12. The normalized spacial score (nSPS) is 10.8. The molecule has 0 aliphatic carbocycles. The van der Waals surface area contributed by atoms with Crippen LogP contribution in [0.5, 0.6) is 0 Å². The Labute approximate surface area is 150 Å². The number of carbonyl (C=O) groups excluding carboxylic acids is 1. The lowest BCUT2D eigenvalue weighted by Gasteiger charge is -2.08. The number of hydrogen-bond donors (Lipinski definition) is 3. The first-order valence-electron chi connectivity index (χ1n) is 8.30. The molecule has 0 aliphatic rings. The number of aromatic nitrogens is 4. The quantitative estimate of drug-likeness (QED) is 0.519. The van der Waals surface area contributed by atoms with Gasteiger partial charge in [0.25, 0.3) is 0 Å². The summed E-state index contributed by atoms with van der Waals surface area (Å²) in [5.74, 6) is 0. The van der Waals surface area contributed by atoms with E-state index in [0.717, 1.165) is 28.0 Å². The SMILES string of the molecule is O=C(NCc1ccc2cc[nH]c2n1)Nc1ccc(Cn2cccn2)cc1. The van der Waals surface area contributed by atoms with Crippen molar-refractivity contribution < 1.29 is 4.79 Å². The van der Waals surface area contributed by atoms with Gasteiger partial charge < -0.3 is 15.6 Å². The largest absolute Gasteiger partial charge is 0.346 e. The third-order valence-corrected chi connectivity index (χ3v) is 4.01. The van der Waals surface area contributed by atoms with Crippen molar-refractivity contribution in [3.63, 3.8) is 0 Å². The van der Waals surface area contributed by atoms with Gasteiger partial charge >= 0.3 is 6.03 Å². The molecule has 1 aromatic carbocycles. The fourth-order valence-corrected chi connectivity index (χ4v) is 2.69. The minimum absolute atomic E-state index is 0.266. The van der Waals surface area contributed by atoms with Gasteiger partial charge in [0, 0.05) is 29.7 Å². The van der Waals surface area contributed by atoms with Crippen molar-refractivity contribution in [2.24, 2.45) is 0 Å². The second kappa shape index (κ2) is 7.10. The average Bonchev–Trinajstić information content (AvgIpc) is 3.33. The molecule has 26 heavy (non-hydrogen) atoms. The molecule has 0 aliphatic heterocycles. The lowest BCUT2D eigenvalue weighted by atomic mass is 10.2. The van der Waals surface area contributed by atoms with Crippen molar-refractivity contribution in [3.8, 4) is 0 Å². The van der Waals surface area contributed by atoms with E-state index >= 15 is 0 Å². The van der Waals surface area contributed by atoms with Crippen LogP contribution < -0.4 is 10.6 Å². The molecule has 3 aromatic heterocycles. The number of fused-ring (bicyclic) bond motifs is 1. The number of rotatable bonds is 5. The summed E-state index contributed by atoms with van der Waals surface area (Å²) in [7, 11) is 0. The van der Waals surface area contributed by atoms with Crippen molar-refractivity contribution >= 4 is 22.8 Å². The zero-order valence-corrected chi connectivity index (χ0v) is 14.0. The third-order valence-electron chi connectivity index (χ3n) is 4.01. The second-order valence-corrected chi connectivity index (χ2v) is 5.93. The van der Waals surface area contributed by atoms with Crippen LogP contribution >= 0.6 is 0 Å². The maximum atomic E-state index is 12.1. The molecule has 7 nitrogen and oxygen atoms in total. The van der Waals surface area contributed by atoms with Gasteiger partial charge in [-0.05, 0) is 42.0 Å². The van der Waals surface area contributed by atoms with Crippen LogP contribution in [-0.2, 0) is 13.1 Å². The van der Waals surface area contributed by atoms with E-state index in [9.17, 15) is 4.79 Å². The summed E-state index contributed by atoms with van der Waals surface area (Å²) in [6.45, 7) is 1.06. The smallest absolute Gasteiger partial charge is 0.319 e. The van der Waals surface area contributed by atoms with Crippen molar-refractivity contribution in [2.45, 2.75) is 13.1 Å². The predicted octanol–water partition coefficient (Wildman–Crippen LogP) is 3.13. The first-order chi connectivity index (χ1) is 12.8. The average molecular weight is 346 g/mol. The standard InChI is InChI=1S/C19H18N6O/c26-19(21-12-17-7-4-15-8-10-20-18(15)23-17)24-16-5-2-14(3-6-16)13-25-11-1-9-22-25/h1-11H,12-13H2,(H,20,23)(H2,21,24,26). The van der Waals surface area contributed by atoms with E-state index in [1.54, 1.807) is 6.20 Å². The number of nitrogens with one attached hydrogen (secondary N) is 3. The van der Waals surface area contributed by atoms with Crippen LogP contribution in [0.3, 0.4) is 0 Å². The molecule has 0 unspecified atom stereocenters. The topological polar surface area (TPSA) is 87.6 Å². The Morgan fingerprint density at radius 2 is 2.00 bits per heavy atom. The molecule has 130 valence electrons. The van der Waals surface area contributed by atoms with Gasteiger partial charge in [0.1, 0.15) is 5.65 Å². The van der Waals surface area contributed by atoms with E-state index in [-0.39, 0.29) is 6.03 Å². The summed E-state index contributed by atoms with van der Waals surface area (Å²) in [6.07, 6.45) is 5.51. The summed E-state index contributed by atoms with van der Waals surface area (Å²) in [5, 5.41) is 10.9. The molecule has 0 radical (unpaired) electrons. The minimum atomic E-state index is -0.266. The van der Waals surface area contributed by atoms with Gasteiger partial charge in [0.2, 0.25) is 0 Å². The number of urea groups is 1. The summed E-state index contributed by atoms with van der Waals surface area (Å²) >= 11 is 0. The molecule has 0 saturated heterocycles. The van der Waals surface area contributed by atoms with E-state index in [2.05, 4.69) is 25.7 Å². The number of hydrogen-bond acceptors (Lipinski definition) is 3. The number of anilines is 1. The van der Waals surface area contributed by atoms with Gasteiger partial charge in [-0.1, -0.05) is 12.1 Å².